The fraction of sp³-hybridized carbons (Fsp3) is 0.676. The highest BCUT2D eigenvalue weighted by Gasteiger charge is 2.15. The number of carboxylic acid groups (broad SMARTS) is 1. The molecule has 0 saturated carbocycles. The molecule has 0 aromatic carbocycles. The van der Waals surface area contributed by atoms with E-state index >= 15 is 0 Å². The summed E-state index contributed by atoms with van der Waals surface area (Å²) in [6, 6.07) is 0. The molecule has 0 aromatic heterocycles. The lowest BCUT2D eigenvalue weighted by Gasteiger charge is -2.17. The largest absolute Gasteiger partial charge is 0.481 e. The first-order valence-electron chi connectivity index (χ1n) is 16.8. The Morgan fingerprint density at radius 3 is 1.59 bits per heavy atom. The summed E-state index contributed by atoms with van der Waals surface area (Å²) >= 11 is 0. The minimum Gasteiger partial charge on any atom is -0.481 e. The Morgan fingerprint density at radius 1 is 0.561 bits per heavy atom. The first kappa shape index (κ1) is 38.6. The first-order chi connectivity index (χ1) is 20.1. The van der Waals surface area contributed by atoms with Crippen molar-refractivity contribution in [1.82, 2.24) is 0 Å². The van der Waals surface area contributed by atoms with Gasteiger partial charge < -0.3 is 9.84 Å². The van der Waals surface area contributed by atoms with Gasteiger partial charge in [0.05, 0.1) is 0 Å². The average Bonchev–Trinajstić information content (AvgIpc) is 2.96. The van der Waals surface area contributed by atoms with Gasteiger partial charge in [-0.25, -0.2) is 0 Å². The molecule has 0 radical (unpaired) electrons. The molecule has 0 rings (SSSR count). The number of hydrogen-bond donors (Lipinski definition) is 1. The van der Waals surface area contributed by atoms with E-state index < -0.39 is 5.97 Å². The van der Waals surface area contributed by atoms with Gasteiger partial charge in [0.15, 0.2) is 0 Å². The molecule has 1 atom stereocenters. The number of carbonyl (C=O) groups excluding carboxylic acids is 1. The molecule has 0 aliphatic heterocycles. The summed E-state index contributed by atoms with van der Waals surface area (Å²) in [5.74, 6) is -1.00. The lowest BCUT2D eigenvalue weighted by atomic mass is 10.0. The van der Waals surface area contributed by atoms with Crippen LogP contribution in [0.2, 0.25) is 0 Å². The highest BCUT2D eigenvalue weighted by molar-refractivity contribution is 5.69. The Hall–Kier alpha value is -2.36. The third kappa shape index (κ3) is 32.0. The maximum atomic E-state index is 12.3. The monoisotopic (exact) mass is 570 g/mol. The Balaban J connectivity index is 3.87. The van der Waals surface area contributed by atoms with Crippen LogP contribution in [0.3, 0.4) is 0 Å². The third-order valence-electron chi connectivity index (χ3n) is 7.02. The van der Waals surface area contributed by atoms with Gasteiger partial charge in [-0.05, 0) is 70.6 Å². The summed E-state index contributed by atoms with van der Waals surface area (Å²) in [5.41, 5.74) is 0. The molecule has 0 heterocycles. The van der Waals surface area contributed by atoms with Gasteiger partial charge in [-0.1, -0.05) is 132 Å². The Morgan fingerprint density at radius 2 is 1.05 bits per heavy atom. The fourth-order valence-corrected chi connectivity index (χ4v) is 4.55. The van der Waals surface area contributed by atoms with Gasteiger partial charge in [0, 0.05) is 12.8 Å². The number of carboxylic acids is 1. The minimum absolute atomic E-state index is 0.0582. The number of carbonyl (C=O) groups is 2. The SMILES string of the molecule is CC/C=C\C/C=C\C/C=C\C/C=C\C/C=C\CCCCCC(=O)OC(CCCCCCCCCCC)CCC(=O)O. The van der Waals surface area contributed by atoms with Crippen LogP contribution in [-0.2, 0) is 14.3 Å². The predicted molar refractivity (Wildman–Crippen MR) is 176 cm³/mol. The molecule has 234 valence electrons. The van der Waals surface area contributed by atoms with Crippen LogP contribution in [0.4, 0.5) is 0 Å². The third-order valence-corrected chi connectivity index (χ3v) is 7.02. The molecule has 1 unspecified atom stereocenters. The molecule has 0 aliphatic carbocycles. The Labute approximate surface area is 253 Å². The lowest BCUT2D eigenvalue weighted by Crippen LogP contribution is -2.19. The second-order valence-electron chi connectivity index (χ2n) is 11.0. The number of unbranched alkanes of at least 4 members (excludes halogenated alkanes) is 11. The maximum Gasteiger partial charge on any atom is 0.306 e. The first-order valence-corrected chi connectivity index (χ1v) is 16.8. The van der Waals surface area contributed by atoms with Gasteiger partial charge in [0.2, 0.25) is 0 Å². The van der Waals surface area contributed by atoms with Crippen molar-refractivity contribution < 1.29 is 19.4 Å². The number of aliphatic carboxylic acids is 1. The molecule has 0 fully saturated rings. The van der Waals surface area contributed by atoms with Crippen molar-refractivity contribution in [2.75, 3.05) is 0 Å². The zero-order valence-corrected chi connectivity index (χ0v) is 26.6. The molecule has 1 N–H and O–H groups in total. The van der Waals surface area contributed by atoms with Crippen molar-refractivity contribution in [1.29, 1.82) is 0 Å². The Bertz CT molecular complexity index is 744. The molecule has 41 heavy (non-hydrogen) atoms. The second kappa shape index (κ2) is 32.2. The number of esters is 1. The lowest BCUT2D eigenvalue weighted by molar-refractivity contribution is -0.151. The number of rotatable bonds is 29. The molecule has 0 amide bonds. The van der Waals surface area contributed by atoms with E-state index in [1.54, 1.807) is 0 Å². The standard InChI is InChI=1S/C37H62O4/c1-3-5-7-9-11-13-14-15-16-17-18-19-20-21-22-24-26-28-30-32-37(40)41-35(33-34-36(38)39)31-29-27-25-23-12-10-8-6-4-2/h5,7,11,13,15-16,18-19,21-22,35H,3-4,6,8-10,12,14,17,20,23-34H2,1-2H3,(H,38,39)/b7-5-,13-11-,16-15-,19-18-,22-21-. The zero-order valence-electron chi connectivity index (χ0n) is 26.6. The topological polar surface area (TPSA) is 63.6 Å². The van der Waals surface area contributed by atoms with Crippen LogP contribution >= 0.6 is 0 Å². The average molecular weight is 571 g/mol. The van der Waals surface area contributed by atoms with E-state index in [-0.39, 0.29) is 18.5 Å². The molecule has 0 bridgehead atoms. The van der Waals surface area contributed by atoms with Crippen LogP contribution in [0.1, 0.15) is 155 Å². The van der Waals surface area contributed by atoms with E-state index in [4.69, 9.17) is 9.84 Å². The van der Waals surface area contributed by atoms with Crippen LogP contribution in [0.25, 0.3) is 0 Å². The van der Waals surface area contributed by atoms with Crippen LogP contribution in [0, 0.1) is 0 Å². The molecule has 4 heteroatoms. The van der Waals surface area contributed by atoms with Gasteiger partial charge in [0.25, 0.3) is 0 Å². The van der Waals surface area contributed by atoms with Crippen molar-refractivity contribution >= 4 is 11.9 Å². The fourth-order valence-electron chi connectivity index (χ4n) is 4.55. The van der Waals surface area contributed by atoms with Gasteiger partial charge in [-0.15, -0.1) is 0 Å². The number of allylic oxidation sites excluding steroid dienone is 10. The van der Waals surface area contributed by atoms with Crippen LogP contribution in [-0.4, -0.2) is 23.1 Å². The highest BCUT2D eigenvalue weighted by atomic mass is 16.5. The van der Waals surface area contributed by atoms with E-state index in [0.717, 1.165) is 77.0 Å². The van der Waals surface area contributed by atoms with Crippen molar-refractivity contribution in [3.8, 4) is 0 Å². The van der Waals surface area contributed by atoms with E-state index in [2.05, 4.69) is 74.6 Å². The summed E-state index contributed by atoms with van der Waals surface area (Å²) in [6.45, 7) is 4.39. The molecule has 0 saturated heterocycles. The summed E-state index contributed by atoms with van der Waals surface area (Å²) < 4.78 is 5.68. The quantitative estimate of drug-likeness (QED) is 0.0552. The smallest absolute Gasteiger partial charge is 0.306 e. The molecule has 0 spiro atoms. The van der Waals surface area contributed by atoms with E-state index in [1.165, 1.54) is 44.9 Å². The maximum absolute atomic E-state index is 12.3. The van der Waals surface area contributed by atoms with Crippen LogP contribution in [0.5, 0.6) is 0 Å². The summed E-state index contributed by atoms with van der Waals surface area (Å²) in [5, 5.41) is 9.05. The summed E-state index contributed by atoms with van der Waals surface area (Å²) in [6.07, 6.45) is 43.7. The number of hydrogen-bond acceptors (Lipinski definition) is 3. The van der Waals surface area contributed by atoms with Crippen LogP contribution in [0.15, 0.2) is 60.8 Å². The van der Waals surface area contributed by atoms with E-state index in [9.17, 15) is 9.59 Å². The highest BCUT2D eigenvalue weighted by Crippen LogP contribution is 2.16. The molecular weight excluding hydrogens is 508 g/mol. The van der Waals surface area contributed by atoms with Crippen molar-refractivity contribution in [3.63, 3.8) is 0 Å². The van der Waals surface area contributed by atoms with E-state index in [1.807, 2.05) is 0 Å². The van der Waals surface area contributed by atoms with Gasteiger partial charge in [-0.2, -0.15) is 0 Å². The molecule has 0 aliphatic rings. The summed E-state index contributed by atoms with van der Waals surface area (Å²) in [4.78, 5) is 23.4. The van der Waals surface area contributed by atoms with Gasteiger partial charge >= 0.3 is 11.9 Å². The molecule has 0 aromatic rings. The van der Waals surface area contributed by atoms with Crippen molar-refractivity contribution in [3.05, 3.63) is 60.8 Å². The van der Waals surface area contributed by atoms with Gasteiger partial charge in [0.1, 0.15) is 6.10 Å². The van der Waals surface area contributed by atoms with Crippen molar-refractivity contribution in [2.45, 2.75) is 161 Å². The zero-order chi connectivity index (χ0) is 30.1. The van der Waals surface area contributed by atoms with E-state index in [0.29, 0.717) is 12.8 Å². The normalized spacial score (nSPS) is 13.0. The minimum atomic E-state index is -0.826. The summed E-state index contributed by atoms with van der Waals surface area (Å²) in [7, 11) is 0. The second-order valence-corrected chi connectivity index (χ2v) is 11.0. The van der Waals surface area contributed by atoms with Gasteiger partial charge in [-0.3, -0.25) is 9.59 Å². The number of ether oxygens (including phenoxy) is 1. The van der Waals surface area contributed by atoms with Crippen LogP contribution < -0.4 is 0 Å². The molecular formula is C37H62O4. The predicted octanol–water partition coefficient (Wildman–Crippen LogP) is 11.4. The molecule has 4 nitrogen and oxygen atoms in total. The Kier molecular flexibility index (Phi) is 30.3. The van der Waals surface area contributed by atoms with Crippen molar-refractivity contribution in [2.24, 2.45) is 0 Å².